The lowest BCUT2D eigenvalue weighted by Crippen LogP contribution is -2.25. The Kier molecular flexibility index (Phi) is 2.64. The van der Waals surface area contributed by atoms with Crippen LogP contribution in [0.5, 0.6) is 0 Å². The van der Waals surface area contributed by atoms with E-state index in [9.17, 15) is 9.59 Å². The number of nitrogens with zero attached hydrogens (tertiary/aromatic N) is 2. The van der Waals surface area contributed by atoms with Gasteiger partial charge in [-0.1, -0.05) is 0 Å². The van der Waals surface area contributed by atoms with E-state index in [-0.39, 0.29) is 17.5 Å². The van der Waals surface area contributed by atoms with Crippen molar-refractivity contribution < 1.29 is 14.7 Å². The quantitative estimate of drug-likeness (QED) is 0.761. The van der Waals surface area contributed by atoms with E-state index in [4.69, 9.17) is 5.11 Å². The van der Waals surface area contributed by atoms with Crippen molar-refractivity contribution in [2.45, 2.75) is 19.3 Å². The molecule has 86 valence electrons. The van der Waals surface area contributed by atoms with Crippen LogP contribution in [0.2, 0.25) is 0 Å². The molecule has 6 nitrogen and oxygen atoms in total. The van der Waals surface area contributed by atoms with Crippen LogP contribution < -0.4 is 0 Å². The Balaban J connectivity index is 2.08. The first-order valence-electron chi connectivity index (χ1n) is 5.12. The lowest BCUT2D eigenvalue weighted by molar-refractivity contribution is -0.127. The highest BCUT2D eigenvalue weighted by Crippen LogP contribution is 2.26. The molecule has 1 aliphatic rings. The van der Waals surface area contributed by atoms with Crippen molar-refractivity contribution in [2.75, 3.05) is 13.1 Å². The van der Waals surface area contributed by atoms with E-state index in [0.29, 0.717) is 6.54 Å². The molecule has 0 spiro atoms. The smallest absolute Gasteiger partial charge is 0.356 e. The molecule has 1 aromatic rings. The topological polar surface area (TPSA) is 86.3 Å². The van der Waals surface area contributed by atoms with Gasteiger partial charge in [-0.15, -0.1) is 0 Å². The Morgan fingerprint density at radius 2 is 2.38 bits per heavy atom. The molecule has 0 bridgehead atoms. The predicted octanol–water partition coefficient (Wildman–Crippen LogP) is 0.444. The second-order valence-corrected chi connectivity index (χ2v) is 3.96. The number of likely N-dealkylation sites (tertiary alicyclic amines) is 1. The molecule has 1 aliphatic heterocycles. The van der Waals surface area contributed by atoms with E-state index in [1.165, 1.54) is 13.0 Å². The van der Waals surface area contributed by atoms with Crippen molar-refractivity contribution in [2.24, 2.45) is 0 Å². The molecule has 1 amide bonds. The maximum absolute atomic E-state index is 11.1. The maximum atomic E-state index is 11.1. The summed E-state index contributed by atoms with van der Waals surface area (Å²) in [7, 11) is 0. The number of aromatic carboxylic acids is 1. The molecular formula is C10H13N3O3. The molecule has 2 heterocycles. The number of aromatic amines is 1. The summed E-state index contributed by atoms with van der Waals surface area (Å²) in [5, 5.41) is 15.2. The fourth-order valence-electron chi connectivity index (χ4n) is 1.96. The zero-order valence-corrected chi connectivity index (χ0v) is 8.93. The summed E-state index contributed by atoms with van der Waals surface area (Å²) in [6.45, 7) is 2.90. The highest BCUT2D eigenvalue weighted by Gasteiger charge is 2.27. The molecule has 1 unspecified atom stereocenters. The van der Waals surface area contributed by atoms with Crippen molar-refractivity contribution in [1.29, 1.82) is 0 Å². The molecule has 2 N–H and O–H groups in total. The van der Waals surface area contributed by atoms with Gasteiger partial charge in [0.1, 0.15) is 0 Å². The van der Waals surface area contributed by atoms with Gasteiger partial charge in [0.2, 0.25) is 5.91 Å². The molecule has 1 saturated heterocycles. The predicted molar refractivity (Wildman–Crippen MR) is 55.2 cm³/mol. The molecule has 0 radical (unpaired) electrons. The van der Waals surface area contributed by atoms with E-state index < -0.39 is 5.97 Å². The zero-order chi connectivity index (χ0) is 11.7. The second-order valence-electron chi connectivity index (χ2n) is 3.96. The van der Waals surface area contributed by atoms with E-state index in [2.05, 4.69) is 10.2 Å². The number of amides is 1. The molecule has 1 fully saturated rings. The van der Waals surface area contributed by atoms with E-state index in [1.54, 1.807) is 4.90 Å². The monoisotopic (exact) mass is 223 g/mol. The summed E-state index contributed by atoms with van der Waals surface area (Å²) in [4.78, 5) is 23.6. The molecule has 16 heavy (non-hydrogen) atoms. The summed E-state index contributed by atoms with van der Waals surface area (Å²) < 4.78 is 0. The van der Waals surface area contributed by atoms with Crippen LogP contribution in [0.1, 0.15) is 35.4 Å². The summed E-state index contributed by atoms with van der Waals surface area (Å²) in [6, 6.07) is 1.54. The fourth-order valence-corrected chi connectivity index (χ4v) is 1.96. The second kappa shape index (κ2) is 3.96. The van der Waals surface area contributed by atoms with Gasteiger partial charge in [-0.2, -0.15) is 5.10 Å². The summed E-state index contributed by atoms with van der Waals surface area (Å²) in [6.07, 6.45) is 0.848. The molecule has 6 heteroatoms. The minimum absolute atomic E-state index is 0.0243. The number of carboxylic acid groups (broad SMARTS) is 1. The Labute approximate surface area is 92.3 Å². The van der Waals surface area contributed by atoms with E-state index in [0.717, 1.165) is 18.7 Å². The van der Waals surface area contributed by atoms with Crippen LogP contribution in [0.15, 0.2) is 6.07 Å². The number of rotatable bonds is 2. The van der Waals surface area contributed by atoms with Crippen molar-refractivity contribution in [3.05, 3.63) is 17.5 Å². The van der Waals surface area contributed by atoms with Crippen molar-refractivity contribution in [3.63, 3.8) is 0 Å². The van der Waals surface area contributed by atoms with E-state index >= 15 is 0 Å². The Morgan fingerprint density at radius 1 is 1.62 bits per heavy atom. The summed E-state index contributed by atoms with van der Waals surface area (Å²) in [5.41, 5.74) is 0.817. The van der Waals surface area contributed by atoms with Gasteiger partial charge in [-0.05, 0) is 12.5 Å². The van der Waals surface area contributed by atoms with Gasteiger partial charge in [-0.3, -0.25) is 9.89 Å². The Hall–Kier alpha value is -1.85. The minimum Gasteiger partial charge on any atom is -0.476 e. The Bertz CT molecular complexity index is 427. The van der Waals surface area contributed by atoms with Crippen LogP contribution in [0.25, 0.3) is 0 Å². The van der Waals surface area contributed by atoms with Crippen molar-refractivity contribution in [3.8, 4) is 0 Å². The highest BCUT2D eigenvalue weighted by atomic mass is 16.4. The summed E-state index contributed by atoms with van der Waals surface area (Å²) in [5.74, 6) is -0.811. The van der Waals surface area contributed by atoms with Gasteiger partial charge in [0.15, 0.2) is 5.69 Å². The Morgan fingerprint density at radius 3 is 2.88 bits per heavy atom. The third kappa shape index (κ3) is 1.91. The van der Waals surface area contributed by atoms with Gasteiger partial charge >= 0.3 is 5.97 Å². The van der Waals surface area contributed by atoms with Crippen LogP contribution in [-0.2, 0) is 4.79 Å². The number of carbonyl (C=O) groups excluding carboxylic acids is 1. The first-order valence-corrected chi connectivity index (χ1v) is 5.12. The molecular weight excluding hydrogens is 210 g/mol. The zero-order valence-electron chi connectivity index (χ0n) is 8.93. The molecule has 2 rings (SSSR count). The first kappa shape index (κ1) is 10.7. The lowest BCUT2D eigenvalue weighted by atomic mass is 10.1. The van der Waals surface area contributed by atoms with Crippen LogP contribution in [0, 0.1) is 0 Å². The standard InChI is InChI=1S/C10H13N3O3/c1-6(14)13-3-2-7(5-13)8-4-9(10(15)16)12-11-8/h4,7H,2-3,5H2,1H3,(H,11,12)(H,15,16). The van der Waals surface area contributed by atoms with Gasteiger partial charge in [-0.25, -0.2) is 4.79 Å². The SMILES string of the molecule is CC(=O)N1CCC(c2cc(C(=O)O)n[nH]2)C1. The number of nitrogens with one attached hydrogen (secondary N) is 1. The highest BCUT2D eigenvalue weighted by molar-refractivity contribution is 5.85. The third-order valence-electron chi connectivity index (χ3n) is 2.89. The van der Waals surface area contributed by atoms with Gasteiger partial charge < -0.3 is 10.0 Å². The van der Waals surface area contributed by atoms with Gasteiger partial charge in [0.05, 0.1) is 0 Å². The summed E-state index contributed by atoms with van der Waals surface area (Å²) >= 11 is 0. The van der Waals surface area contributed by atoms with Crippen LogP contribution in [0.3, 0.4) is 0 Å². The molecule has 1 atom stereocenters. The average molecular weight is 223 g/mol. The first-order chi connectivity index (χ1) is 7.58. The maximum Gasteiger partial charge on any atom is 0.356 e. The normalized spacial score (nSPS) is 20.1. The molecule has 0 aliphatic carbocycles. The number of hydrogen-bond acceptors (Lipinski definition) is 3. The largest absolute Gasteiger partial charge is 0.476 e. The molecule has 0 aromatic carbocycles. The van der Waals surface area contributed by atoms with Gasteiger partial charge in [0.25, 0.3) is 0 Å². The number of carboxylic acids is 1. The van der Waals surface area contributed by atoms with Gasteiger partial charge in [0, 0.05) is 31.6 Å². The van der Waals surface area contributed by atoms with Crippen molar-refractivity contribution >= 4 is 11.9 Å². The number of aromatic nitrogens is 2. The third-order valence-corrected chi connectivity index (χ3v) is 2.89. The molecule has 0 saturated carbocycles. The number of carbonyl (C=O) groups is 2. The minimum atomic E-state index is -1.04. The van der Waals surface area contributed by atoms with Crippen LogP contribution in [0.4, 0.5) is 0 Å². The number of H-pyrrole nitrogens is 1. The fraction of sp³-hybridized carbons (Fsp3) is 0.500. The van der Waals surface area contributed by atoms with Crippen LogP contribution >= 0.6 is 0 Å². The van der Waals surface area contributed by atoms with Crippen molar-refractivity contribution in [1.82, 2.24) is 15.1 Å². The lowest BCUT2D eigenvalue weighted by Gasteiger charge is -2.12. The average Bonchev–Trinajstić information content (AvgIpc) is 2.86. The van der Waals surface area contributed by atoms with Crippen LogP contribution in [-0.4, -0.2) is 45.2 Å². The molecule has 1 aromatic heterocycles. The van der Waals surface area contributed by atoms with E-state index in [1.807, 2.05) is 0 Å². The number of hydrogen-bond donors (Lipinski definition) is 2.